The molecule has 0 fully saturated rings. The van der Waals surface area contributed by atoms with Gasteiger partial charge in [0.15, 0.2) is 5.78 Å². The molecule has 0 radical (unpaired) electrons. The highest BCUT2D eigenvalue weighted by Gasteiger charge is 2.07. The molecular weight excluding hydrogens is 332 g/mol. The first-order valence-corrected chi connectivity index (χ1v) is 7.49. The lowest BCUT2D eigenvalue weighted by molar-refractivity contribution is 0.101. The van der Waals surface area contributed by atoms with Gasteiger partial charge in [0.25, 0.3) is 0 Å². The average Bonchev–Trinajstić information content (AvgIpc) is 2.47. The molecule has 0 aliphatic carbocycles. The number of ketones is 1. The van der Waals surface area contributed by atoms with Gasteiger partial charge in [-0.2, -0.15) is 0 Å². The molecule has 0 spiro atoms. The Bertz CT molecular complexity index is 638. The Labute approximate surface area is 133 Å². The Balaban J connectivity index is 1.91. The van der Waals surface area contributed by atoms with E-state index in [1.54, 1.807) is 12.1 Å². The molecule has 0 atom stereocenters. The molecule has 0 aromatic heterocycles. The van der Waals surface area contributed by atoms with Crippen molar-refractivity contribution < 1.29 is 14.3 Å². The van der Waals surface area contributed by atoms with Crippen molar-refractivity contribution in [3.8, 4) is 11.5 Å². The minimum Gasteiger partial charge on any atom is -0.490 e. The number of Topliss-reactive ketones (excluding diaryl/α,β-unsaturated/α-hetero) is 1. The van der Waals surface area contributed by atoms with Crippen LogP contribution >= 0.6 is 15.9 Å². The summed E-state index contributed by atoms with van der Waals surface area (Å²) in [4.78, 5) is 11.5. The second-order valence-electron chi connectivity index (χ2n) is 4.66. The van der Waals surface area contributed by atoms with Gasteiger partial charge in [-0.1, -0.05) is 34.1 Å². The van der Waals surface area contributed by atoms with Crippen LogP contribution in [0.5, 0.6) is 11.5 Å². The summed E-state index contributed by atoms with van der Waals surface area (Å²) in [6, 6.07) is 13.1. The number of ether oxygens (including phenoxy) is 2. The second kappa shape index (κ2) is 7.27. The topological polar surface area (TPSA) is 35.5 Å². The molecular formula is C17H17BrO3. The Kier molecular flexibility index (Phi) is 5.39. The molecule has 2 rings (SSSR count). The summed E-state index contributed by atoms with van der Waals surface area (Å²) < 4.78 is 12.3. The van der Waals surface area contributed by atoms with Gasteiger partial charge >= 0.3 is 0 Å². The number of carbonyl (C=O) groups excluding carboxylic acids is 1. The van der Waals surface area contributed by atoms with Crippen LogP contribution in [0.25, 0.3) is 0 Å². The third-order valence-corrected chi connectivity index (χ3v) is 3.51. The van der Waals surface area contributed by atoms with E-state index in [0.717, 1.165) is 15.8 Å². The van der Waals surface area contributed by atoms with Crippen LogP contribution in [0.4, 0.5) is 0 Å². The van der Waals surface area contributed by atoms with Gasteiger partial charge in [0, 0.05) is 4.47 Å². The molecule has 4 heteroatoms. The third-order valence-electron chi connectivity index (χ3n) is 3.02. The van der Waals surface area contributed by atoms with E-state index < -0.39 is 0 Å². The zero-order valence-corrected chi connectivity index (χ0v) is 13.6. The molecule has 0 aliphatic heterocycles. The number of hydrogen-bond donors (Lipinski definition) is 0. The van der Waals surface area contributed by atoms with Crippen LogP contribution in [0, 0.1) is 6.92 Å². The van der Waals surface area contributed by atoms with Crippen molar-refractivity contribution in [1.82, 2.24) is 0 Å². The van der Waals surface area contributed by atoms with Crippen LogP contribution in [0.1, 0.15) is 22.8 Å². The summed E-state index contributed by atoms with van der Waals surface area (Å²) in [5.74, 6) is 1.42. The molecule has 0 saturated carbocycles. The first-order chi connectivity index (χ1) is 10.1. The highest BCUT2D eigenvalue weighted by Crippen LogP contribution is 2.23. The quantitative estimate of drug-likeness (QED) is 0.572. The molecule has 0 aliphatic rings. The highest BCUT2D eigenvalue weighted by molar-refractivity contribution is 9.10. The number of carbonyl (C=O) groups is 1. The first kappa shape index (κ1) is 15.6. The third kappa shape index (κ3) is 4.33. The van der Waals surface area contributed by atoms with E-state index >= 15 is 0 Å². The van der Waals surface area contributed by atoms with Crippen LogP contribution in [0.3, 0.4) is 0 Å². The van der Waals surface area contributed by atoms with Gasteiger partial charge in [-0.05, 0) is 43.7 Å². The fourth-order valence-electron chi connectivity index (χ4n) is 1.92. The molecule has 2 aromatic carbocycles. The van der Waals surface area contributed by atoms with Crippen LogP contribution in [-0.2, 0) is 0 Å². The Morgan fingerprint density at radius 1 is 1.05 bits per heavy atom. The Morgan fingerprint density at radius 3 is 2.43 bits per heavy atom. The van der Waals surface area contributed by atoms with Crippen molar-refractivity contribution in [3.63, 3.8) is 0 Å². The lowest BCUT2D eigenvalue weighted by Gasteiger charge is -2.12. The van der Waals surface area contributed by atoms with Gasteiger partial charge < -0.3 is 9.47 Å². The fourth-order valence-corrected chi connectivity index (χ4v) is 2.26. The van der Waals surface area contributed by atoms with E-state index in [1.807, 2.05) is 37.3 Å². The van der Waals surface area contributed by atoms with E-state index in [2.05, 4.69) is 15.9 Å². The van der Waals surface area contributed by atoms with Gasteiger partial charge in [0.05, 0.1) is 5.56 Å². The van der Waals surface area contributed by atoms with Crippen molar-refractivity contribution in [3.05, 3.63) is 58.1 Å². The number of aryl methyl sites for hydroxylation is 1. The number of halogens is 1. The molecule has 0 N–H and O–H groups in total. The molecule has 2 aromatic rings. The lowest BCUT2D eigenvalue weighted by Crippen LogP contribution is -2.11. The summed E-state index contributed by atoms with van der Waals surface area (Å²) in [7, 11) is 0. The van der Waals surface area contributed by atoms with E-state index in [0.29, 0.717) is 24.5 Å². The van der Waals surface area contributed by atoms with Gasteiger partial charge in [0.2, 0.25) is 0 Å². The summed E-state index contributed by atoms with van der Waals surface area (Å²) in [6.45, 7) is 4.33. The zero-order valence-electron chi connectivity index (χ0n) is 12.1. The number of benzene rings is 2. The molecule has 21 heavy (non-hydrogen) atoms. The summed E-state index contributed by atoms with van der Waals surface area (Å²) in [5, 5.41) is 0. The van der Waals surface area contributed by atoms with Gasteiger partial charge in [-0.25, -0.2) is 0 Å². The van der Waals surface area contributed by atoms with E-state index in [9.17, 15) is 4.79 Å². The van der Waals surface area contributed by atoms with Crippen molar-refractivity contribution >= 4 is 21.7 Å². The molecule has 0 unspecified atom stereocenters. The maximum Gasteiger partial charge on any atom is 0.163 e. The minimum absolute atomic E-state index is 0.00523. The first-order valence-electron chi connectivity index (χ1n) is 6.69. The summed E-state index contributed by atoms with van der Waals surface area (Å²) in [5.41, 5.74) is 1.67. The number of para-hydroxylation sites is 1. The van der Waals surface area contributed by atoms with Gasteiger partial charge in [0.1, 0.15) is 24.7 Å². The van der Waals surface area contributed by atoms with Crippen molar-refractivity contribution in [1.29, 1.82) is 0 Å². The predicted octanol–water partition coefficient (Wildman–Crippen LogP) is 4.42. The highest BCUT2D eigenvalue weighted by atomic mass is 79.9. The molecule has 0 heterocycles. The van der Waals surface area contributed by atoms with Crippen LogP contribution in [0.2, 0.25) is 0 Å². The standard InChI is InChI=1S/C17H17BrO3/c1-12-7-8-14(18)11-17(12)21-10-9-20-16-6-4-3-5-15(16)13(2)19/h3-8,11H,9-10H2,1-2H3. The second-order valence-corrected chi connectivity index (χ2v) is 5.57. The average molecular weight is 349 g/mol. The predicted molar refractivity (Wildman–Crippen MR) is 86.3 cm³/mol. The minimum atomic E-state index is -0.00523. The molecule has 0 saturated heterocycles. The van der Waals surface area contributed by atoms with Crippen molar-refractivity contribution in [2.24, 2.45) is 0 Å². The number of rotatable bonds is 6. The Hall–Kier alpha value is -1.81. The smallest absolute Gasteiger partial charge is 0.163 e. The van der Waals surface area contributed by atoms with Gasteiger partial charge in [-0.15, -0.1) is 0 Å². The maximum absolute atomic E-state index is 11.5. The van der Waals surface area contributed by atoms with Crippen LogP contribution in [-0.4, -0.2) is 19.0 Å². The van der Waals surface area contributed by atoms with Crippen molar-refractivity contribution in [2.45, 2.75) is 13.8 Å². The van der Waals surface area contributed by atoms with E-state index in [4.69, 9.17) is 9.47 Å². The lowest BCUT2D eigenvalue weighted by atomic mass is 10.1. The maximum atomic E-state index is 11.5. The fraction of sp³-hybridized carbons (Fsp3) is 0.235. The largest absolute Gasteiger partial charge is 0.490 e. The van der Waals surface area contributed by atoms with E-state index in [-0.39, 0.29) is 5.78 Å². The monoisotopic (exact) mass is 348 g/mol. The Morgan fingerprint density at radius 2 is 1.71 bits per heavy atom. The normalized spacial score (nSPS) is 10.2. The van der Waals surface area contributed by atoms with E-state index in [1.165, 1.54) is 6.92 Å². The number of hydrogen-bond acceptors (Lipinski definition) is 3. The summed E-state index contributed by atoms with van der Waals surface area (Å²) >= 11 is 3.42. The SMILES string of the molecule is CC(=O)c1ccccc1OCCOc1cc(Br)ccc1C. The van der Waals surface area contributed by atoms with Crippen molar-refractivity contribution in [2.75, 3.05) is 13.2 Å². The van der Waals surface area contributed by atoms with Crippen LogP contribution in [0.15, 0.2) is 46.9 Å². The molecule has 110 valence electrons. The van der Waals surface area contributed by atoms with Gasteiger partial charge in [-0.3, -0.25) is 4.79 Å². The molecule has 0 amide bonds. The zero-order chi connectivity index (χ0) is 15.2. The summed E-state index contributed by atoms with van der Waals surface area (Å²) in [6.07, 6.45) is 0. The molecule has 3 nitrogen and oxygen atoms in total. The van der Waals surface area contributed by atoms with Crippen LogP contribution < -0.4 is 9.47 Å². The molecule has 0 bridgehead atoms.